The number of benzene rings is 1. The summed E-state index contributed by atoms with van der Waals surface area (Å²) in [6.45, 7) is 5.29. The van der Waals surface area contributed by atoms with Gasteiger partial charge in [0.25, 0.3) is 0 Å². The molecule has 2 N–H and O–H groups in total. The average molecular weight is 261 g/mol. The Balaban J connectivity index is 1.86. The molecule has 0 saturated heterocycles. The third-order valence-corrected chi connectivity index (χ3v) is 4.55. The van der Waals surface area contributed by atoms with Crippen LogP contribution in [0.2, 0.25) is 0 Å². The Morgan fingerprint density at radius 3 is 2.53 bits per heavy atom. The number of halogens is 1. The molecule has 1 spiro atoms. The molecule has 0 unspecified atom stereocenters. The van der Waals surface area contributed by atoms with Crippen molar-refractivity contribution in [2.24, 2.45) is 22.6 Å². The summed E-state index contributed by atoms with van der Waals surface area (Å²) in [7, 11) is 0. The number of nitrogens with two attached hydrogens (primary N) is 1. The highest BCUT2D eigenvalue weighted by molar-refractivity contribution is 5.98. The molecule has 1 aromatic carbocycles. The minimum absolute atomic E-state index is 0.0385. The van der Waals surface area contributed by atoms with Gasteiger partial charge in [-0.25, -0.2) is 4.39 Å². The molecule has 3 nitrogen and oxygen atoms in total. The van der Waals surface area contributed by atoms with Gasteiger partial charge < -0.3 is 10.6 Å². The first-order chi connectivity index (χ1) is 9.02. The fourth-order valence-corrected chi connectivity index (χ4v) is 3.31. The lowest BCUT2D eigenvalue weighted by Crippen LogP contribution is -2.60. The van der Waals surface area contributed by atoms with E-state index in [4.69, 9.17) is 5.73 Å². The maximum absolute atomic E-state index is 13.0. The van der Waals surface area contributed by atoms with Crippen molar-refractivity contribution in [2.45, 2.75) is 32.2 Å². The van der Waals surface area contributed by atoms with Crippen LogP contribution in [-0.2, 0) is 0 Å². The summed E-state index contributed by atoms with van der Waals surface area (Å²) in [5, 5.41) is 0. The second-order valence-corrected chi connectivity index (χ2v) is 6.12. The Bertz CT molecular complexity index is 501. The molecule has 1 aliphatic heterocycles. The van der Waals surface area contributed by atoms with Crippen LogP contribution in [0.1, 0.15) is 26.7 Å². The van der Waals surface area contributed by atoms with Crippen molar-refractivity contribution in [2.75, 3.05) is 11.4 Å². The van der Waals surface area contributed by atoms with E-state index in [0.29, 0.717) is 11.9 Å². The van der Waals surface area contributed by atoms with E-state index in [1.165, 1.54) is 12.1 Å². The molecule has 0 aromatic heterocycles. The van der Waals surface area contributed by atoms with Crippen molar-refractivity contribution in [3.63, 3.8) is 0 Å². The minimum Gasteiger partial charge on any atom is -0.369 e. The Morgan fingerprint density at radius 1 is 1.32 bits per heavy atom. The van der Waals surface area contributed by atoms with Gasteiger partial charge in [-0.05, 0) is 48.9 Å². The lowest BCUT2D eigenvalue weighted by atomic mass is 9.63. The predicted octanol–water partition coefficient (Wildman–Crippen LogP) is 2.77. The number of rotatable bonds is 2. The number of nitrogens with zero attached hydrogens (tertiary/aromatic N) is 2. The number of hydrogen-bond donors (Lipinski definition) is 1. The number of hydrogen-bond acceptors (Lipinski definition) is 3. The van der Waals surface area contributed by atoms with Crippen molar-refractivity contribution < 1.29 is 4.39 Å². The van der Waals surface area contributed by atoms with E-state index in [2.05, 4.69) is 23.7 Å². The van der Waals surface area contributed by atoms with Crippen LogP contribution < -0.4 is 10.6 Å². The molecule has 2 aliphatic rings. The maximum Gasteiger partial charge on any atom is 0.196 e. The van der Waals surface area contributed by atoms with Gasteiger partial charge in [0.15, 0.2) is 5.96 Å². The number of aliphatic imine (C=N–C) groups is 1. The molecule has 1 saturated carbocycles. The van der Waals surface area contributed by atoms with Gasteiger partial charge in [-0.15, -0.1) is 0 Å². The molecule has 0 radical (unpaired) electrons. The largest absolute Gasteiger partial charge is 0.369 e. The van der Waals surface area contributed by atoms with E-state index in [1.54, 1.807) is 12.1 Å². The highest BCUT2D eigenvalue weighted by atomic mass is 19.1. The Morgan fingerprint density at radius 2 is 1.95 bits per heavy atom. The van der Waals surface area contributed by atoms with E-state index in [9.17, 15) is 4.39 Å². The van der Waals surface area contributed by atoms with Crippen LogP contribution in [0.25, 0.3) is 0 Å². The lowest BCUT2D eigenvalue weighted by Gasteiger charge is -2.52. The van der Waals surface area contributed by atoms with Crippen LogP contribution in [-0.4, -0.2) is 18.0 Å². The lowest BCUT2D eigenvalue weighted by molar-refractivity contribution is 0.121. The van der Waals surface area contributed by atoms with Crippen molar-refractivity contribution in [3.8, 4) is 0 Å². The Labute approximate surface area is 113 Å². The summed E-state index contributed by atoms with van der Waals surface area (Å²) < 4.78 is 13.0. The summed E-state index contributed by atoms with van der Waals surface area (Å²) in [4.78, 5) is 6.51. The fourth-order valence-electron chi connectivity index (χ4n) is 3.31. The first kappa shape index (κ1) is 12.5. The molecule has 1 heterocycles. The molecule has 19 heavy (non-hydrogen) atoms. The maximum atomic E-state index is 13.0. The average Bonchev–Trinajstić information content (AvgIpc) is 2.66. The van der Waals surface area contributed by atoms with Gasteiger partial charge in [0.1, 0.15) is 5.82 Å². The van der Waals surface area contributed by atoms with Gasteiger partial charge in [0, 0.05) is 5.69 Å². The van der Waals surface area contributed by atoms with Gasteiger partial charge in [-0.3, -0.25) is 4.99 Å². The second-order valence-electron chi connectivity index (χ2n) is 6.12. The molecular weight excluding hydrogens is 241 g/mol. The van der Waals surface area contributed by atoms with Gasteiger partial charge >= 0.3 is 0 Å². The normalized spacial score (nSPS) is 29.8. The highest BCUT2D eigenvalue weighted by Gasteiger charge is 2.53. The van der Waals surface area contributed by atoms with Crippen LogP contribution in [0.3, 0.4) is 0 Å². The molecule has 0 amide bonds. The molecule has 102 valence electrons. The molecule has 0 atom stereocenters. The smallest absolute Gasteiger partial charge is 0.196 e. The monoisotopic (exact) mass is 261 g/mol. The van der Waals surface area contributed by atoms with E-state index in [-0.39, 0.29) is 11.4 Å². The topological polar surface area (TPSA) is 41.6 Å². The van der Waals surface area contributed by atoms with Gasteiger partial charge in [-0.1, -0.05) is 13.8 Å². The summed E-state index contributed by atoms with van der Waals surface area (Å²) in [6.07, 6.45) is 2.23. The van der Waals surface area contributed by atoms with Crippen LogP contribution in [0.15, 0.2) is 29.3 Å². The van der Waals surface area contributed by atoms with Gasteiger partial charge in [0.05, 0.1) is 12.1 Å². The van der Waals surface area contributed by atoms with E-state index in [1.807, 2.05) is 0 Å². The first-order valence-electron chi connectivity index (χ1n) is 6.87. The predicted molar refractivity (Wildman–Crippen MR) is 75.7 cm³/mol. The summed E-state index contributed by atoms with van der Waals surface area (Å²) in [5.41, 5.74) is 7.02. The zero-order chi connectivity index (χ0) is 13.6. The number of anilines is 1. The molecule has 1 fully saturated rings. The second kappa shape index (κ2) is 4.22. The SMILES string of the molecule is CC(C)C1CC2(CN=C(N)N2c2ccc(F)cc2)C1. The Kier molecular flexibility index (Phi) is 2.77. The Hall–Kier alpha value is -1.58. The molecule has 3 rings (SSSR count). The van der Waals surface area contributed by atoms with Crippen LogP contribution in [0.5, 0.6) is 0 Å². The molecular formula is C15H20FN3. The van der Waals surface area contributed by atoms with Crippen molar-refractivity contribution in [3.05, 3.63) is 30.1 Å². The molecule has 1 aromatic rings. The fraction of sp³-hybridized carbons (Fsp3) is 0.533. The third-order valence-electron chi connectivity index (χ3n) is 4.55. The molecule has 1 aliphatic carbocycles. The van der Waals surface area contributed by atoms with E-state index >= 15 is 0 Å². The summed E-state index contributed by atoms with van der Waals surface area (Å²) in [5.74, 6) is 1.78. The molecule has 4 heteroatoms. The zero-order valence-electron chi connectivity index (χ0n) is 11.4. The van der Waals surface area contributed by atoms with Crippen molar-refractivity contribution in [1.82, 2.24) is 0 Å². The van der Waals surface area contributed by atoms with Crippen LogP contribution >= 0.6 is 0 Å². The van der Waals surface area contributed by atoms with E-state index < -0.39 is 0 Å². The highest BCUT2D eigenvalue weighted by Crippen LogP contribution is 2.49. The van der Waals surface area contributed by atoms with Gasteiger partial charge in [0.2, 0.25) is 0 Å². The third kappa shape index (κ3) is 1.90. The van der Waals surface area contributed by atoms with Crippen molar-refractivity contribution >= 4 is 11.6 Å². The first-order valence-corrected chi connectivity index (χ1v) is 6.87. The summed E-state index contributed by atoms with van der Waals surface area (Å²) >= 11 is 0. The quantitative estimate of drug-likeness (QED) is 0.889. The van der Waals surface area contributed by atoms with Crippen LogP contribution in [0, 0.1) is 17.7 Å². The van der Waals surface area contributed by atoms with Crippen molar-refractivity contribution in [1.29, 1.82) is 0 Å². The number of guanidine groups is 1. The summed E-state index contributed by atoms with van der Waals surface area (Å²) in [6, 6.07) is 6.53. The minimum atomic E-state index is -0.221. The van der Waals surface area contributed by atoms with Crippen LogP contribution in [0.4, 0.5) is 10.1 Å². The zero-order valence-corrected chi connectivity index (χ0v) is 11.4. The standard InChI is InChI=1S/C15H20FN3/c1-10(2)11-7-15(8-11)9-18-14(17)19(15)13-5-3-12(16)4-6-13/h3-6,10-11H,7-9H2,1-2H3,(H2,17,18). The molecule has 0 bridgehead atoms. The van der Waals surface area contributed by atoms with E-state index in [0.717, 1.165) is 31.0 Å². The van der Waals surface area contributed by atoms with Gasteiger partial charge in [-0.2, -0.15) is 0 Å².